The van der Waals surface area contributed by atoms with E-state index in [-0.39, 0.29) is 5.82 Å². The molecule has 0 aliphatic rings. The van der Waals surface area contributed by atoms with Crippen LogP contribution < -0.4 is 0 Å². The van der Waals surface area contributed by atoms with Crippen molar-refractivity contribution in [3.8, 4) is 11.4 Å². The molecule has 76 valence electrons. The summed E-state index contributed by atoms with van der Waals surface area (Å²) in [5, 5.41) is 0. The standard InChI is InChI=1S/C12H11FN2/c1-8-3-6-11(14-7-8)12-10(13)5-4-9(2)15-12/h3-7H,1-2H3. The monoisotopic (exact) mass is 202 g/mol. The van der Waals surface area contributed by atoms with E-state index in [1.807, 2.05) is 19.9 Å². The summed E-state index contributed by atoms with van der Waals surface area (Å²) < 4.78 is 13.5. The van der Waals surface area contributed by atoms with Gasteiger partial charge in [0.05, 0.1) is 5.69 Å². The largest absolute Gasteiger partial charge is 0.254 e. The molecule has 0 N–H and O–H groups in total. The lowest BCUT2D eigenvalue weighted by atomic mass is 10.2. The number of nitrogens with zero attached hydrogens (tertiary/aromatic N) is 2. The van der Waals surface area contributed by atoms with Crippen LogP contribution >= 0.6 is 0 Å². The first-order valence-corrected chi connectivity index (χ1v) is 4.73. The zero-order valence-corrected chi connectivity index (χ0v) is 8.66. The van der Waals surface area contributed by atoms with Gasteiger partial charge in [-0.15, -0.1) is 0 Å². The fourth-order valence-corrected chi connectivity index (χ4v) is 1.33. The molecule has 0 fully saturated rings. The molecule has 0 aliphatic heterocycles. The number of aromatic nitrogens is 2. The highest BCUT2D eigenvalue weighted by Crippen LogP contribution is 2.18. The van der Waals surface area contributed by atoms with Gasteiger partial charge in [0.2, 0.25) is 0 Å². The van der Waals surface area contributed by atoms with E-state index >= 15 is 0 Å². The normalized spacial score (nSPS) is 10.3. The average Bonchev–Trinajstić information content (AvgIpc) is 2.23. The van der Waals surface area contributed by atoms with E-state index in [1.165, 1.54) is 6.07 Å². The molecule has 3 heteroatoms. The molecule has 2 aromatic rings. The van der Waals surface area contributed by atoms with E-state index in [9.17, 15) is 4.39 Å². The lowest BCUT2D eigenvalue weighted by molar-refractivity contribution is 0.624. The second-order valence-corrected chi connectivity index (χ2v) is 3.50. The molecule has 2 heterocycles. The van der Waals surface area contributed by atoms with Crippen LogP contribution in [0.4, 0.5) is 4.39 Å². The van der Waals surface area contributed by atoms with Crippen LogP contribution in [0.5, 0.6) is 0 Å². The van der Waals surface area contributed by atoms with Crippen LogP contribution in [0.2, 0.25) is 0 Å². The van der Waals surface area contributed by atoms with Crippen molar-refractivity contribution in [2.24, 2.45) is 0 Å². The van der Waals surface area contributed by atoms with Crippen LogP contribution in [-0.4, -0.2) is 9.97 Å². The summed E-state index contributed by atoms with van der Waals surface area (Å²) in [7, 11) is 0. The van der Waals surface area contributed by atoms with Crippen molar-refractivity contribution in [3.05, 3.63) is 47.5 Å². The summed E-state index contributed by atoms with van der Waals surface area (Å²) in [4.78, 5) is 8.28. The van der Waals surface area contributed by atoms with Gasteiger partial charge in [-0.05, 0) is 37.6 Å². The second kappa shape index (κ2) is 3.77. The van der Waals surface area contributed by atoms with E-state index in [4.69, 9.17) is 0 Å². The molecule has 0 spiro atoms. The van der Waals surface area contributed by atoms with Crippen molar-refractivity contribution in [1.82, 2.24) is 9.97 Å². The summed E-state index contributed by atoms with van der Waals surface area (Å²) in [6, 6.07) is 6.73. The first kappa shape index (κ1) is 9.77. The SMILES string of the molecule is Cc1ccc(-c2nc(C)ccc2F)nc1. The Bertz CT molecular complexity index is 477. The number of aryl methyl sites for hydroxylation is 2. The molecule has 0 saturated carbocycles. The average molecular weight is 202 g/mol. The van der Waals surface area contributed by atoms with Gasteiger partial charge in [-0.25, -0.2) is 9.37 Å². The van der Waals surface area contributed by atoms with E-state index < -0.39 is 0 Å². The van der Waals surface area contributed by atoms with Gasteiger partial charge in [0, 0.05) is 11.9 Å². The zero-order chi connectivity index (χ0) is 10.8. The van der Waals surface area contributed by atoms with Gasteiger partial charge in [-0.1, -0.05) is 6.07 Å². The van der Waals surface area contributed by atoms with Gasteiger partial charge in [0.25, 0.3) is 0 Å². The van der Waals surface area contributed by atoms with E-state index in [0.29, 0.717) is 11.4 Å². The maximum absolute atomic E-state index is 13.5. The maximum Gasteiger partial charge on any atom is 0.151 e. The second-order valence-electron chi connectivity index (χ2n) is 3.50. The number of hydrogen-bond acceptors (Lipinski definition) is 2. The Balaban J connectivity index is 2.53. The fourth-order valence-electron chi connectivity index (χ4n) is 1.33. The molecule has 2 aromatic heterocycles. The van der Waals surface area contributed by atoms with Gasteiger partial charge in [0.1, 0.15) is 5.69 Å². The van der Waals surface area contributed by atoms with Crippen molar-refractivity contribution >= 4 is 0 Å². The third kappa shape index (κ3) is 2.01. The van der Waals surface area contributed by atoms with Gasteiger partial charge in [-0.2, -0.15) is 0 Å². The summed E-state index contributed by atoms with van der Waals surface area (Å²) in [5.41, 5.74) is 2.72. The van der Waals surface area contributed by atoms with Crippen LogP contribution in [0.1, 0.15) is 11.3 Å². The molecule has 15 heavy (non-hydrogen) atoms. The van der Waals surface area contributed by atoms with Crippen molar-refractivity contribution < 1.29 is 4.39 Å². The highest BCUT2D eigenvalue weighted by atomic mass is 19.1. The van der Waals surface area contributed by atoms with Gasteiger partial charge in [0.15, 0.2) is 5.82 Å². The first-order valence-electron chi connectivity index (χ1n) is 4.73. The molecule has 0 aromatic carbocycles. The molecular weight excluding hydrogens is 191 g/mol. The number of halogens is 1. The summed E-state index contributed by atoms with van der Waals surface area (Å²) in [5.74, 6) is -0.336. The third-order valence-electron chi connectivity index (χ3n) is 2.14. The Morgan fingerprint density at radius 2 is 1.87 bits per heavy atom. The van der Waals surface area contributed by atoms with E-state index in [0.717, 1.165) is 11.3 Å². The van der Waals surface area contributed by atoms with Crippen LogP contribution in [0, 0.1) is 19.7 Å². The predicted molar refractivity (Wildman–Crippen MR) is 56.9 cm³/mol. The van der Waals surface area contributed by atoms with Crippen LogP contribution in [0.15, 0.2) is 30.5 Å². The Kier molecular flexibility index (Phi) is 2.46. The smallest absolute Gasteiger partial charge is 0.151 e. The minimum atomic E-state index is -0.336. The Labute approximate surface area is 87.8 Å². The summed E-state index contributed by atoms with van der Waals surface area (Å²) >= 11 is 0. The van der Waals surface area contributed by atoms with Crippen molar-refractivity contribution in [2.75, 3.05) is 0 Å². The molecule has 0 radical (unpaired) electrons. The third-order valence-corrected chi connectivity index (χ3v) is 2.14. The van der Waals surface area contributed by atoms with E-state index in [2.05, 4.69) is 9.97 Å². The van der Waals surface area contributed by atoms with E-state index in [1.54, 1.807) is 18.3 Å². The fraction of sp³-hybridized carbons (Fsp3) is 0.167. The number of hydrogen-bond donors (Lipinski definition) is 0. The molecule has 0 atom stereocenters. The Morgan fingerprint density at radius 3 is 2.53 bits per heavy atom. The lowest BCUT2D eigenvalue weighted by Crippen LogP contribution is -1.93. The van der Waals surface area contributed by atoms with Crippen molar-refractivity contribution in [2.45, 2.75) is 13.8 Å². The van der Waals surface area contributed by atoms with Crippen molar-refractivity contribution in [3.63, 3.8) is 0 Å². The topological polar surface area (TPSA) is 25.8 Å². The van der Waals surface area contributed by atoms with Gasteiger partial charge < -0.3 is 0 Å². The highest BCUT2D eigenvalue weighted by Gasteiger charge is 2.07. The molecule has 0 amide bonds. The first-order chi connectivity index (χ1) is 7.16. The van der Waals surface area contributed by atoms with Crippen LogP contribution in [0.3, 0.4) is 0 Å². The molecule has 2 nitrogen and oxygen atoms in total. The minimum absolute atomic E-state index is 0.315. The molecular formula is C12H11FN2. The van der Waals surface area contributed by atoms with Crippen LogP contribution in [-0.2, 0) is 0 Å². The van der Waals surface area contributed by atoms with Gasteiger partial charge in [-0.3, -0.25) is 4.98 Å². The zero-order valence-electron chi connectivity index (χ0n) is 8.66. The molecule has 2 rings (SSSR count). The summed E-state index contributed by atoms with van der Waals surface area (Å²) in [6.07, 6.45) is 1.71. The van der Waals surface area contributed by atoms with Gasteiger partial charge >= 0.3 is 0 Å². The van der Waals surface area contributed by atoms with Crippen LogP contribution in [0.25, 0.3) is 11.4 Å². The Hall–Kier alpha value is -1.77. The molecule has 0 aliphatic carbocycles. The summed E-state index contributed by atoms with van der Waals surface area (Å²) in [6.45, 7) is 3.77. The molecule has 0 unspecified atom stereocenters. The number of rotatable bonds is 1. The van der Waals surface area contributed by atoms with Crippen molar-refractivity contribution in [1.29, 1.82) is 0 Å². The quantitative estimate of drug-likeness (QED) is 0.710. The molecule has 0 saturated heterocycles. The number of pyridine rings is 2. The maximum atomic E-state index is 13.5. The minimum Gasteiger partial charge on any atom is -0.254 e. The lowest BCUT2D eigenvalue weighted by Gasteiger charge is -2.03. The highest BCUT2D eigenvalue weighted by molar-refractivity contribution is 5.55. The predicted octanol–water partition coefficient (Wildman–Crippen LogP) is 2.90. The Morgan fingerprint density at radius 1 is 1.07 bits per heavy atom. The molecule has 0 bridgehead atoms.